The van der Waals surface area contributed by atoms with Gasteiger partial charge in [0.15, 0.2) is 28.3 Å². The van der Waals surface area contributed by atoms with E-state index in [1.165, 1.54) is 16.2 Å². The summed E-state index contributed by atoms with van der Waals surface area (Å²) < 4.78 is 27.5. The third-order valence-electron chi connectivity index (χ3n) is 4.57. The normalized spacial score (nSPS) is 17.6. The first-order valence-corrected chi connectivity index (χ1v) is 10.4. The molecule has 1 N–H and O–H groups in total. The minimum Gasteiger partial charge on any atom is -0.503 e. The molecule has 4 rings (SSSR count). The maximum Gasteiger partial charge on any atom is 0.296 e. The molecule has 1 unspecified atom stereocenters. The predicted octanol–water partition coefficient (Wildman–Crippen LogP) is 5.15. The summed E-state index contributed by atoms with van der Waals surface area (Å²) >= 11 is 2.32. The molecular formula is C20H16F2N2O3S2. The number of amides is 1. The van der Waals surface area contributed by atoms with E-state index in [9.17, 15) is 23.5 Å². The van der Waals surface area contributed by atoms with Gasteiger partial charge in [0.25, 0.3) is 5.91 Å². The summed E-state index contributed by atoms with van der Waals surface area (Å²) in [6.07, 6.45) is 0. The van der Waals surface area contributed by atoms with Crippen LogP contribution < -0.4 is 4.90 Å². The van der Waals surface area contributed by atoms with E-state index in [4.69, 9.17) is 0 Å². The van der Waals surface area contributed by atoms with Crippen molar-refractivity contribution in [2.24, 2.45) is 5.41 Å². The molecule has 0 fully saturated rings. The maximum atomic E-state index is 13.6. The number of anilines is 1. The van der Waals surface area contributed by atoms with Crippen molar-refractivity contribution in [2.45, 2.75) is 26.8 Å². The molecule has 1 aliphatic rings. The van der Waals surface area contributed by atoms with Crippen molar-refractivity contribution >= 4 is 49.7 Å². The molecule has 1 aromatic carbocycles. The lowest BCUT2D eigenvalue weighted by Crippen LogP contribution is -2.32. The third kappa shape index (κ3) is 3.14. The molecular weight excluding hydrogens is 418 g/mol. The van der Waals surface area contributed by atoms with Crippen LogP contribution in [0.1, 0.15) is 31.7 Å². The van der Waals surface area contributed by atoms with Crippen molar-refractivity contribution in [2.75, 3.05) is 4.90 Å². The highest BCUT2D eigenvalue weighted by molar-refractivity contribution is 7.22. The number of rotatable bonds is 3. The number of thiazole rings is 1. The Morgan fingerprint density at radius 2 is 1.93 bits per heavy atom. The van der Waals surface area contributed by atoms with Gasteiger partial charge in [0, 0.05) is 16.4 Å². The molecule has 29 heavy (non-hydrogen) atoms. The van der Waals surface area contributed by atoms with Gasteiger partial charge in [0.1, 0.15) is 6.04 Å². The molecule has 0 spiro atoms. The summed E-state index contributed by atoms with van der Waals surface area (Å²) in [4.78, 5) is 32.2. The molecule has 150 valence electrons. The average molecular weight is 434 g/mol. The molecule has 5 nitrogen and oxygen atoms in total. The summed E-state index contributed by atoms with van der Waals surface area (Å²) in [5.74, 6) is -3.81. The van der Waals surface area contributed by atoms with Gasteiger partial charge in [-0.3, -0.25) is 14.5 Å². The van der Waals surface area contributed by atoms with E-state index in [2.05, 4.69) is 4.98 Å². The van der Waals surface area contributed by atoms with E-state index >= 15 is 0 Å². The van der Waals surface area contributed by atoms with Crippen LogP contribution in [0.4, 0.5) is 13.9 Å². The maximum absolute atomic E-state index is 13.6. The lowest BCUT2D eigenvalue weighted by Gasteiger charge is -2.26. The van der Waals surface area contributed by atoms with E-state index in [0.29, 0.717) is 9.58 Å². The first-order valence-electron chi connectivity index (χ1n) is 8.70. The van der Waals surface area contributed by atoms with Crippen molar-refractivity contribution in [1.82, 2.24) is 4.98 Å². The molecule has 9 heteroatoms. The highest BCUT2D eigenvalue weighted by Gasteiger charge is 2.48. The summed E-state index contributed by atoms with van der Waals surface area (Å²) in [6.45, 7) is 5.12. The van der Waals surface area contributed by atoms with Crippen LogP contribution in [-0.4, -0.2) is 21.8 Å². The molecule has 0 saturated heterocycles. The number of carbonyl (C=O) groups excluding carboxylic acids is 2. The average Bonchev–Trinajstić information content (AvgIpc) is 3.34. The fourth-order valence-corrected chi connectivity index (χ4v) is 4.99. The van der Waals surface area contributed by atoms with Gasteiger partial charge in [-0.05, 0) is 17.5 Å². The number of aliphatic hydroxyl groups excluding tert-OH is 1. The third-order valence-corrected chi connectivity index (χ3v) is 6.51. The SMILES string of the molecule is CC(C)(C)C(=O)C1=C(O)C(=O)N(c2nc3cc(F)c(F)cc3s2)C1c1cccs1. The standard InChI is InChI=1S/C20H16F2N2O3S2/c1-20(2,3)17(26)14-15(12-5-4-6-28-12)24(18(27)16(14)25)19-23-11-7-9(21)10(22)8-13(11)29-19/h4-8,15,25H,1-3H3. The van der Waals surface area contributed by atoms with Crippen LogP contribution in [-0.2, 0) is 9.59 Å². The van der Waals surface area contributed by atoms with Gasteiger partial charge in [-0.1, -0.05) is 38.2 Å². The van der Waals surface area contributed by atoms with Gasteiger partial charge < -0.3 is 5.11 Å². The number of halogens is 2. The quantitative estimate of drug-likeness (QED) is 0.619. The Labute approximate surface area is 172 Å². The fraction of sp³-hybridized carbons (Fsp3) is 0.250. The number of thiophene rings is 1. The summed E-state index contributed by atoms with van der Waals surface area (Å²) in [5, 5.41) is 12.5. The zero-order valence-electron chi connectivity index (χ0n) is 15.7. The first kappa shape index (κ1) is 19.7. The monoisotopic (exact) mass is 434 g/mol. The number of ketones is 1. The number of nitrogens with zero attached hydrogens (tertiary/aromatic N) is 2. The van der Waals surface area contributed by atoms with E-state index < -0.39 is 34.8 Å². The van der Waals surface area contributed by atoms with Gasteiger partial charge in [-0.2, -0.15) is 0 Å². The molecule has 1 aliphatic heterocycles. The number of hydrogen-bond donors (Lipinski definition) is 1. The Balaban J connectivity index is 1.89. The van der Waals surface area contributed by atoms with E-state index in [1.54, 1.807) is 38.3 Å². The number of aliphatic hydroxyl groups is 1. The van der Waals surface area contributed by atoms with Crippen molar-refractivity contribution < 1.29 is 23.5 Å². The Morgan fingerprint density at radius 1 is 1.24 bits per heavy atom. The highest BCUT2D eigenvalue weighted by Crippen LogP contribution is 2.46. The highest BCUT2D eigenvalue weighted by atomic mass is 32.1. The van der Waals surface area contributed by atoms with E-state index in [0.717, 1.165) is 23.5 Å². The smallest absolute Gasteiger partial charge is 0.296 e. The number of benzene rings is 1. The zero-order valence-corrected chi connectivity index (χ0v) is 17.3. The van der Waals surface area contributed by atoms with E-state index in [-0.39, 0.29) is 22.0 Å². The van der Waals surface area contributed by atoms with Gasteiger partial charge in [-0.25, -0.2) is 13.8 Å². The number of fused-ring (bicyclic) bond motifs is 1. The second-order valence-electron chi connectivity index (χ2n) is 7.66. The number of hydrogen-bond acceptors (Lipinski definition) is 6. The second kappa shape index (κ2) is 6.70. The van der Waals surface area contributed by atoms with Crippen molar-refractivity contribution in [1.29, 1.82) is 0 Å². The molecule has 0 radical (unpaired) electrons. The minimum atomic E-state index is -1.04. The Morgan fingerprint density at radius 3 is 2.55 bits per heavy atom. The Bertz CT molecular complexity index is 1140. The van der Waals surface area contributed by atoms with Crippen LogP contribution >= 0.6 is 22.7 Å². The lowest BCUT2D eigenvalue weighted by molar-refractivity contribution is -0.123. The molecule has 0 aliphatic carbocycles. The molecule has 2 aromatic heterocycles. The van der Waals surface area contributed by atoms with Gasteiger partial charge in [-0.15, -0.1) is 11.3 Å². The summed E-state index contributed by atoms with van der Waals surface area (Å²) in [5.41, 5.74) is -0.632. The van der Waals surface area contributed by atoms with Crippen LogP contribution in [0.3, 0.4) is 0 Å². The molecule has 0 saturated carbocycles. The summed E-state index contributed by atoms with van der Waals surface area (Å²) in [7, 11) is 0. The minimum absolute atomic E-state index is 0.00145. The molecule has 1 amide bonds. The van der Waals surface area contributed by atoms with Gasteiger partial charge in [0.2, 0.25) is 0 Å². The Kier molecular flexibility index (Phi) is 4.54. The zero-order chi connectivity index (χ0) is 21.1. The predicted molar refractivity (Wildman–Crippen MR) is 108 cm³/mol. The van der Waals surface area contributed by atoms with Crippen LogP contribution in [0.2, 0.25) is 0 Å². The van der Waals surface area contributed by atoms with Gasteiger partial charge in [0.05, 0.1) is 15.8 Å². The van der Waals surface area contributed by atoms with Crippen molar-refractivity contribution in [3.05, 3.63) is 57.5 Å². The van der Waals surface area contributed by atoms with Crippen LogP contribution in [0.15, 0.2) is 41.0 Å². The fourth-order valence-electron chi connectivity index (χ4n) is 3.17. The molecule has 3 heterocycles. The van der Waals surface area contributed by atoms with Crippen molar-refractivity contribution in [3.63, 3.8) is 0 Å². The molecule has 1 atom stereocenters. The second-order valence-corrected chi connectivity index (χ2v) is 9.65. The van der Waals surface area contributed by atoms with Crippen molar-refractivity contribution in [3.8, 4) is 0 Å². The number of carbonyl (C=O) groups is 2. The van der Waals surface area contributed by atoms with Crippen LogP contribution in [0.5, 0.6) is 0 Å². The van der Waals surface area contributed by atoms with E-state index in [1.807, 2.05) is 0 Å². The summed E-state index contributed by atoms with van der Waals surface area (Å²) in [6, 6.07) is 4.65. The van der Waals surface area contributed by atoms with Crippen LogP contribution in [0, 0.1) is 17.0 Å². The largest absolute Gasteiger partial charge is 0.503 e. The van der Waals surface area contributed by atoms with Gasteiger partial charge >= 0.3 is 0 Å². The molecule has 0 bridgehead atoms. The Hall–Kier alpha value is -2.65. The van der Waals surface area contributed by atoms with Crippen LogP contribution in [0.25, 0.3) is 10.2 Å². The topological polar surface area (TPSA) is 70.5 Å². The first-order chi connectivity index (χ1) is 13.6. The number of aromatic nitrogens is 1. The number of Topliss-reactive ketones (excluding diaryl/α,β-unsaturated/α-hetero) is 1. The molecule has 3 aromatic rings. The lowest BCUT2D eigenvalue weighted by atomic mass is 9.83.